The van der Waals surface area contributed by atoms with Crippen molar-refractivity contribution in [3.63, 3.8) is 0 Å². The molecule has 1 amide bonds. The van der Waals surface area contributed by atoms with Crippen LogP contribution >= 0.6 is 22.9 Å². The first-order valence-corrected chi connectivity index (χ1v) is 9.10. The first-order chi connectivity index (χ1) is 13.5. The zero-order chi connectivity index (χ0) is 20.1. The van der Waals surface area contributed by atoms with E-state index in [0.29, 0.717) is 15.6 Å². The molecule has 140 valence electrons. The van der Waals surface area contributed by atoms with E-state index in [4.69, 9.17) is 16.3 Å². The van der Waals surface area contributed by atoms with E-state index in [1.807, 2.05) is 12.1 Å². The molecule has 1 heterocycles. The summed E-state index contributed by atoms with van der Waals surface area (Å²) in [6, 6.07) is 13.7. The highest BCUT2D eigenvalue weighted by molar-refractivity contribution is 7.18. The number of rotatable bonds is 5. The van der Waals surface area contributed by atoms with Gasteiger partial charge in [0.2, 0.25) is 5.13 Å². The molecule has 0 saturated carbocycles. The fourth-order valence-electron chi connectivity index (χ4n) is 2.31. The van der Waals surface area contributed by atoms with E-state index < -0.39 is 5.91 Å². The Labute approximate surface area is 169 Å². The maximum Gasteiger partial charge on any atom is 0.268 e. The van der Waals surface area contributed by atoms with Gasteiger partial charge in [0.25, 0.3) is 5.91 Å². The van der Waals surface area contributed by atoms with Crippen molar-refractivity contribution in [2.24, 2.45) is 0 Å². The van der Waals surface area contributed by atoms with Crippen LogP contribution in [-0.4, -0.2) is 28.3 Å². The van der Waals surface area contributed by atoms with E-state index in [2.05, 4.69) is 15.5 Å². The number of hydrogen-bond donors (Lipinski definition) is 2. The lowest BCUT2D eigenvalue weighted by atomic mass is 10.1. The molecule has 2 aromatic carbocycles. The molecule has 0 spiro atoms. The SMILES string of the molecule is COc1cccc(/C=C(\C#N)C(=O)Nc2nnc(-c3ccccc3Cl)s2)c1O. The quantitative estimate of drug-likeness (QED) is 0.482. The average Bonchev–Trinajstić information content (AvgIpc) is 3.15. The summed E-state index contributed by atoms with van der Waals surface area (Å²) in [7, 11) is 1.41. The molecule has 9 heteroatoms. The molecule has 0 radical (unpaired) electrons. The van der Waals surface area contributed by atoms with Crippen LogP contribution in [0.25, 0.3) is 16.6 Å². The maximum atomic E-state index is 12.4. The lowest BCUT2D eigenvalue weighted by Crippen LogP contribution is -2.13. The summed E-state index contributed by atoms with van der Waals surface area (Å²) in [5.41, 5.74) is 0.762. The Kier molecular flexibility index (Phi) is 5.89. The predicted octanol–water partition coefficient (Wildman–Crippen LogP) is 4.12. The second-order valence-corrected chi connectivity index (χ2v) is 6.80. The van der Waals surface area contributed by atoms with Gasteiger partial charge >= 0.3 is 0 Å². The molecule has 3 aromatic rings. The Morgan fingerprint density at radius 3 is 2.79 bits per heavy atom. The highest BCUT2D eigenvalue weighted by Gasteiger charge is 2.16. The number of phenols is 1. The van der Waals surface area contributed by atoms with Gasteiger partial charge in [0.15, 0.2) is 16.5 Å². The van der Waals surface area contributed by atoms with Crippen LogP contribution in [0.3, 0.4) is 0 Å². The van der Waals surface area contributed by atoms with Gasteiger partial charge in [0.1, 0.15) is 11.6 Å². The van der Waals surface area contributed by atoms with Gasteiger partial charge in [-0.2, -0.15) is 5.26 Å². The molecule has 7 nitrogen and oxygen atoms in total. The Hall–Kier alpha value is -3.41. The molecule has 0 aliphatic carbocycles. The maximum absolute atomic E-state index is 12.4. The number of para-hydroxylation sites is 1. The Morgan fingerprint density at radius 2 is 2.07 bits per heavy atom. The summed E-state index contributed by atoms with van der Waals surface area (Å²) in [6.07, 6.45) is 1.27. The number of carbonyl (C=O) groups excluding carboxylic acids is 1. The number of phenolic OH excluding ortho intramolecular Hbond substituents is 1. The monoisotopic (exact) mass is 412 g/mol. The fourth-order valence-corrected chi connectivity index (χ4v) is 3.37. The van der Waals surface area contributed by atoms with Crippen LogP contribution in [0, 0.1) is 11.3 Å². The van der Waals surface area contributed by atoms with Gasteiger partial charge in [-0.05, 0) is 18.2 Å². The van der Waals surface area contributed by atoms with Crippen LogP contribution in [0.1, 0.15) is 5.56 Å². The molecule has 1 aromatic heterocycles. The second kappa shape index (κ2) is 8.52. The first-order valence-electron chi connectivity index (χ1n) is 7.91. The molecule has 28 heavy (non-hydrogen) atoms. The summed E-state index contributed by atoms with van der Waals surface area (Å²) >= 11 is 7.27. The van der Waals surface area contributed by atoms with Crippen LogP contribution in [0.15, 0.2) is 48.0 Å². The number of aromatic hydroxyl groups is 1. The number of halogens is 1. The number of aromatic nitrogens is 2. The lowest BCUT2D eigenvalue weighted by molar-refractivity contribution is -0.112. The largest absolute Gasteiger partial charge is 0.504 e. The summed E-state index contributed by atoms with van der Waals surface area (Å²) in [5.74, 6) is -0.603. The van der Waals surface area contributed by atoms with Crippen molar-refractivity contribution in [2.75, 3.05) is 12.4 Å². The van der Waals surface area contributed by atoms with Gasteiger partial charge in [0.05, 0.1) is 12.1 Å². The third-order valence-corrected chi connectivity index (χ3v) is 4.87. The van der Waals surface area contributed by atoms with Crippen LogP contribution in [0.2, 0.25) is 5.02 Å². The van der Waals surface area contributed by atoms with Gasteiger partial charge < -0.3 is 9.84 Å². The van der Waals surface area contributed by atoms with E-state index >= 15 is 0 Å². The number of carbonyl (C=O) groups is 1. The molecule has 0 bridgehead atoms. The van der Waals surface area contributed by atoms with Crippen molar-refractivity contribution < 1.29 is 14.6 Å². The number of nitrogens with zero attached hydrogens (tertiary/aromatic N) is 3. The number of hydrogen-bond acceptors (Lipinski definition) is 7. The van der Waals surface area contributed by atoms with E-state index in [0.717, 1.165) is 11.3 Å². The number of nitrogens with one attached hydrogen (secondary N) is 1. The highest BCUT2D eigenvalue weighted by atomic mass is 35.5. The molecule has 0 saturated heterocycles. The number of anilines is 1. The average molecular weight is 413 g/mol. The zero-order valence-corrected chi connectivity index (χ0v) is 16.1. The number of methoxy groups -OCH3 is 1. The first kappa shape index (κ1) is 19.4. The number of nitriles is 1. The standard InChI is InChI=1S/C19H13ClN4O3S/c1-27-15-8-4-5-11(16(15)25)9-12(10-21)17(26)22-19-24-23-18(28-19)13-6-2-3-7-14(13)20/h2-9,25H,1H3,(H,22,24,26)/b12-9+. The van der Waals surface area contributed by atoms with E-state index in [9.17, 15) is 15.2 Å². The molecular formula is C19H13ClN4O3S. The van der Waals surface area contributed by atoms with Crippen LogP contribution in [0.5, 0.6) is 11.5 Å². The smallest absolute Gasteiger partial charge is 0.268 e. The summed E-state index contributed by atoms with van der Waals surface area (Å²) < 4.78 is 5.02. The molecule has 0 aliphatic heterocycles. The molecule has 0 aliphatic rings. The van der Waals surface area contributed by atoms with Gasteiger partial charge in [-0.25, -0.2) is 0 Å². The summed E-state index contributed by atoms with van der Waals surface area (Å²) in [4.78, 5) is 12.4. The lowest BCUT2D eigenvalue weighted by Gasteiger charge is -2.06. The predicted molar refractivity (Wildman–Crippen MR) is 107 cm³/mol. The van der Waals surface area contributed by atoms with Crippen molar-refractivity contribution in [3.05, 3.63) is 58.6 Å². The third kappa shape index (κ3) is 4.11. The van der Waals surface area contributed by atoms with Gasteiger partial charge in [-0.3, -0.25) is 10.1 Å². The number of benzene rings is 2. The van der Waals surface area contributed by atoms with Crippen LogP contribution in [0.4, 0.5) is 5.13 Å². The topological polar surface area (TPSA) is 108 Å². The summed E-state index contributed by atoms with van der Waals surface area (Å²) in [5, 5.41) is 31.2. The Bertz CT molecular complexity index is 1100. The van der Waals surface area contributed by atoms with E-state index in [1.54, 1.807) is 36.4 Å². The molecule has 0 fully saturated rings. The molecular weight excluding hydrogens is 400 g/mol. The number of ether oxygens (including phenoxy) is 1. The van der Waals surface area contributed by atoms with Crippen LogP contribution < -0.4 is 10.1 Å². The third-order valence-electron chi connectivity index (χ3n) is 3.66. The molecule has 2 N–H and O–H groups in total. The van der Waals surface area contributed by atoms with Crippen molar-refractivity contribution in [1.82, 2.24) is 10.2 Å². The minimum Gasteiger partial charge on any atom is -0.504 e. The normalized spacial score (nSPS) is 11.0. The van der Waals surface area contributed by atoms with E-state index in [-0.39, 0.29) is 27.8 Å². The fraction of sp³-hybridized carbons (Fsp3) is 0.0526. The van der Waals surface area contributed by atoms with Crippen molar-refractivity contribution >= 4 is 40.1 Å². The minimum absolute atomic E-state index is 0.164. The van der Waals surface area contributed by atoms with Crippen LogP contribution in [-0.2, 0) is 4.79 Å². The van der Waals surface area contributed by atoms with Gasteiger partial charge in [-0.15, -0.1) is 10.2 Å². The van der Waals surface area contributed by atoms with Crippen molar-refractivity contribution in [3.8, 4) is 28.1 Å². The highest BCUT2D eigenvalue weighted by Crippen LogP contribution is 2.33. The van der Waals surface area contributed by atoms with Crippen molar-refractivity contribution in [2.45, 2.75) is 0 Å². The number of amides is 1. The van der Waals surface area contributed by atoms with Crippen molar-refractivity contribution in [1.29, 1.82) is 5.26 Å². The molecule has 0 unspecified atom stereocenters. The van der Waals surface area contributed by atoms with Gasteiger partial charge in [0, 0.05) is 11.1 Å². The molecule has 3 rings (SSSR count). The second-order valence-electron chi connectivity index (χ2n) is 5.41. The molecule has 0 atom stereocenters. The van der Waals surface area contributed by atoms with Gasteiger partial charge in [-0.1, -0.05) is 53.3 Å². The Balaban J connectivity index is 1.82. The Morgan fingerprint density at radius 1 is 1.29 bits per heavy atom. The summed E-state index contributed by atoms with van der Waals surface area (Å²) in [6.45, 7) is 0. The zero-order valence-electron chi connectivity index (χ0n) is 14.5. The minimum atomic E-state index is -0.674. The van der Waals surface area contributed by atoms with E-state index in [1.165, 1.54) is 13.2 Å².